The topological polar surface area (TPSA) is 126 Å². The summed E-state index contributed by atoms with van der Waals surface area (Å²) in [7, 11) is 2.55. The minimum absolute atomic E-state index is 0.0215. The van der Waals surface area contributed by atoms with E-state index in [-0.39, 0.29) is 45.7 Å². The zero-order valence-electron chi connectivity index (χ0n) is 28.5. The molecule has 1 saturated heterocycles. The first-order valence-corrected chi connectivity index (χ1v) is 16.8. The number of unbranched alkanes of at least 4 members (excludes halogenated alkanes) is 9. The van der Waals surface area contributed by atoms with Crippen LogP contribution in [0.3, 0.4) is 0 Å². The lowest BCUT2D eigenvalue weighted by molar-refractivity contribution is -0.162. The van der Waals surface area contributed by atoms with Crippen LogP contribution < -0.4 is 0 Å². The number of hydrogen-bond acceptors (Lipinski definition) is 12. The molecule has 1 aliphatic heterocycles. The van der Waals surface area contributed by atoms with Gasteiger partial charge in [-0.3, -0.25) is 0 Å². The molecule has 1 heterocycles. The van der Waals surface area contributed by atoms with Crippen LogP contribution in [0.2, 0.25) is 0 Å². The van der Waals surface area contributed by atoms with Crippen LogP contribution in [0.5, 0.6) is 0 Å². The molecule has 0 aliphatic carbocycles. The Morgan fingerprint density at radius 1 is 0.733 bits per heavy atom. The quantitative estimate of drug-likeness (QED) is 0.123. The summed E-state index contributed by atoms with van der Waals surface area (Å²) in [6.07, 6.45) is 13.4. The summed E-state index contributed by atoms with van der Waals surface area (Å²) in [5.41, 5.74) is -0.769. The molecule has 45 heavy (non-hydrogen) atoms. The Morgan fingerprint density at radius 3 is 2.04 bits per heavy atom. The Hall–Kier alpha value is -1.38. The average molecular weight is 651 g/mol. The second-order valence-electron chi connectivity index (χ2n) is 11.6. The minimum atomic E-state index is -0.769. The Balaban J connectivity index is 2.47. The first-order valence-electron chi connectivity index (χ1n) is 16.8. The molecule has 0 aromatic heterocycles. The van der Waals surface area contributed by atoms with Crippen LogP contribution in [0.25, 0.3) is 0 Å². The molecule has 0 bridgehead atoms. The molecule has 0 amide bonds. The number of esters is 2. The van der Waals surface area contributed by atoms with Gasteiger partial charge in [0.05, 0.1) is 93.0 Å². The van der Waals surface area contributed by atoms with Gasteiger partial charge in [0.2, 0.25) is 0 Å². The number of methoxy groups -OCH3 is 2. The highest BCUT2D eigenvalue weighted by Crippen LogP contribution is 2.15. The van der Waals surface area contributed by atoms with E-state index in [1.165, 1.54) is 72.0 Å². The fourth-order valence-corrected chi connectivity index (χ4v) is 4.67. The van der Waals surface area contributed by atoms with Crippen LogP contribution in [0.4, 0.5) is 0 Å². The van der Waals surface area contributed by atoms with Gasteiger partial charge >= 0.3 is 11.9 Å². The second kappa shape index (κ2) is 28.8. The van der Waals surface area contributed by atoms with Gasteiger partial charge in [-0.25, -0.2) is 9.59 Å². The van der Waals surface area contributed by atoms with Gasteiger partial charge in [-0.15, -0.1) is 0 Å². The van der Waals surface area contributed by atoms with Crippen molar-refractivity contribution in [3.05, 3.63) is 0 Å². The van der Waals surface area contributed by atoms with E-state index in [0.717, 1.165) is 12.8 Å². The van der Waals surface area contributed by atoms with E-state index >= 15 is 0 Å². The van der Waals surface area contributed by atoms with E-state index in [9.17, 15) is 9.59 Å². The number of ether oxygens (including phenoxy) is 10. The molecule has 0 aromatic carbocycles. The maximum atomic E-state index is 11.6. The molecule has 0 aromatic rings. The number of rotatable bonds is 22. The van der Waals surface area contributed by atoms with Crippen molar-refractivity contribution < 1.29 is 57.0 Å². The number of hydrogen-bond donors (Lipinski definition) is 0. The highest BCUT2D eigenvalue weighted by Gasteiger charge is 2.27. The average Bonchev–Trinajstić information content (AvgIpc) is 3.04. The molecule has 3 atom stereocenters. The number of carbonyl (C=O) groups excluding carboxylic acids is 2. The van der Waals surface area contributed by atoms with Crippen molar-refractivity contribution in [2.75, 3.05) is 100 Å². The molecule has 0 N–H and O–H groups in total. The van der Waals surface area contributed by atoms with E-state index in [4.69, 9.17) is 37.9 Å². The molecule has 1 rings (SSSR count). The number of carbonyl (C=O) groups is 2. The third kappa shape index (κ3) is 24.5. The molecule has 12 heteroatoms. The molecular weight excluding hydrogens is 588 g/mol. The minimum Gasteiger partial charge on any atom is -0.467 e. The maximum Gasteiger partial charge on any atom is 0.331 e. The van der Waals surface area contributed by atoms with Gasteiger partial charge in [-0.1, -0.05) is 71.1 Å². The summed E-state index contributed by atoms with van der Waals surface area (Å²) in [5, 5.41) is 0. The summed E-state index contributed by atoms with van der Waals surface area (Å²) in [6, 6.07) is 0. The standard InChI is InChI=1S/C33H62O12/c1-5-6-7-8-9-10-11-12-13-14-15-29-22-39-19-21-45-33(2,27-40-17-16-38-18-20-43-29)28-42-24-30(44-26-32(35)37-4)23-41-25-31(34)36-3/h29-30H,5-28H2,1-4H3. The van der Waals surface area contributed by atoms with E-state index < -0.39 is 23.6 Å². The van der Waals surface area contributed by atoms with Crippen LogP contribution in [-0.4, -0.2) is 130 Å². The lowest BCUT2D eigenvalue weighted by Crippen LogP contribution is -2.42. The Labute approximate surface area is 271 Å². The van der Waals surface area contributed by atoms with Crippen molar-refractivity contribution >= 4 is 11.9 Å². The maximum absolute atomic E-state index is 11.6. The second-order valence-corrected chi connectivity index (χ2v) is 11.6. The van der Waals surface area contributed by atoms with Crippen LogP contribution in [0.1, 0.15) is 84.5 Å². The van der Waals surface area contributed by atoms with Gasteiger partial charge in [-0.2, -0.15) is 0 Å². The molecule has 0 spiro atoms. The normalized spacial score (nSPS) is 21.4. The van der Waals surface area contributed by atoms with Crippen molar-refractivity contribution in [3.63, 3.8) is 0 Å². The Morgan fingerprint density at radius 2 is 1.33 bits per heavy atom. The SMILES string of the molecule is CCCCCCCCCCCCC1COCCOC(C)(COCC(COCC(=O)OC)OCC(=O)OC)COCCOCCO1. The summed E-state index contributed by atoms with van der Waals surface area (Å²) >= 11 is 0. The van der Waals surface area contributed by atoms with Gasteiger partial charge < -0.3 is 47.4 Å². The van der Waals surface area contributed by atoms with E-state index in [0.29, 0.717) is 46.2 Å². The summed E-state index contributed by atoms with van der Waals surface area (Å²) in [6.45, 7) is 7.38. The predicted molar refractivity (Wildman–Crippen MR) is 168 cm³/mol. The van der Waals surface area contributed by atoms with Crippen LogP contribution in [-0.2, 0) is 57.0 Å². The van der Waals surface area contributed by atoms with E-state index in [1.807, 2.05) is 6.92 Å². The molecule has 0 radical (unpaired) electrons. The first kappa shape index (κ1) is 41.6. The third-order valence-electron chi connectivity index (χ3n) is 7.35. The van der Waals surface area contributed by atoms with Gasteiger partial charge in [0, 0.05) is 0 Å². The van der Waals surface area contributed by atoms with Gasteiger partial charge in [-0.05, 0) is 13.3 Å². The molecule has 1 aliphatic rings. The van der Waals surface area contributed by atoms with Crippen molar-refractivity contribution in [1.82, 2.24) is 0 Å². The first-order chi connectivity index (χ1) is 21.9. The van der Waals surface area contributed by atoms with Gasteiger partial charge in [0.15, 0.2) is 0 Å². The van der Waals surface area contributed by atoms with Crippen molar-refractivity contribution in [2.45, 2.75) is 102 Å². The lowest BCUT2D eigenvalue weighted by Gasteiger charge is -2.30. The van der Waals surface area contributed by atoms with E-state index in [1.54, 1.807) is 0 Å². The molecule has 266 valence electrons. The van der Waals surface area contributed by atoms with Crippen LogP contribution in [0, 0.1) is 0 Å². The van der Waals surface area contributed by atoms with Crippen molar-refractivity contribution in [3.8, 4) is 0 Å². The van der Waals surface area contributed by atoms with Crippen molar-refractivity contribution in [2.24, 2.45) is 0 Å². The molecule has 12 nitrogen and oxygen atoms in total. The monoisotopic (exact) mass is 650 g/mol. The van der Waals surface area contributed by atoms with E-state index in [2.05, 4.69) is 16.4 Å². The zero-order chi connectivity index (χ0) is 32.9. The van der Waals surface area contributed by atoms with Gasteiger partial charge in [0.1, 0.15) is 24.9 Å². The lowest BCUT2D eigenvalue weighted by atomic mass is 10.0. The summed E-state index contributed by atoms with van der Waals surface area (Å²) in [5.74, 6) is -1.05. The molecule has 3 unspecified atom stereocenters. The predicted octanol–water partition coefficient (Wildman–Crippen LogP) is 4.29. The zero-order valence-corrected chi connectivity index (χ0v) is 28.5. The largest absolute Gasteiger partial charge is 0.467 e. The fraction of sp³-hybridized carbons (Fsp3) is 0.939. The summed E-state index contributed by atoms with van der Waals surface area (Å²) in [4.78, 5) is 22.9. The molecular formula is C33H62O12. The van der Waals surface area contributed by atoms with Gasteiger partial charge in [0.25, 0.3) is 0 Å². The molecule has 1 fully saturated rings. The Kier molecular flexibility index (Phi) is 26.7. The van der Waals surface area contributed by atoms with Crippen LogP contribution in [0.15, 0.2) is 0 Å². The van der Waals surface area contributed by atoms with Crippen LogP contribution >= 0.6 is 0 Å². The Bertz CT molecular complexity index is 709. The highest BCUT2D eigenvalue weighted by molar-refractivity contribution is 5.70. The molecule has 0 saturated carbocycles. The highest BCUT2D eigenvalue weighted by atomic mass is 16.6. The smallest absolute Gasteiger partial charge is 0.331 e. The van der Waals surface area contributed by atoms with Crippen molar-refractivity contribution in [1.29, 1.82) is 0 Å². The fourth-order valence-electron chi connectivity index (χ4n) is 4.67. The third-order valence-corrected chi connectivity index (χ3v) is 7.35. The summed E-state index contributed by atoms with van der Waals surface area (Å²) < 4.78 is 55.8.